The molecule has 0 bridgehead atoms. The minimum atomic E-state index is -2.69. The fourth-order valence-corrected chi connectivity index (χ4v) is 1.82. The molecule has 80 valence electrons. The van der Waals surface area contributed by atoms with Crippen molar-refractivity contribution in [2.75, 3.05) is 7.11 Å². The summed E-state index contributed by atoms with van der Waals surface area (Å²) in [4.78, 5) is 3.81. The topological polar surface area (TPSA) is 45.9 Å². The van der Waals surface area contributed by atoms with Crippen LogP contribution in [0.5, 0.6) is 5.75 Å². The Morgan fingerprint density at radius 3 is 2.80 bits per heavy atom. The maximum atomic E-state index is 12.7. The van der Waals surface area contributed by atoms with Crippen LogP contribution in [0, 0.1) is 14.9 Å². The Hall–Kier alpha value is -0.970. The molecule has 0 aromatic carbocycles. The zero-order chi connectivity index (χ0) is 11.4. The van der Waals surface area contributed by atoms with Gasteiger partial charge in [0.15, 0.2) is 0 Å². The molecule has 15 heavy (non-hydrogen) atoms. The molecule has 1 aromatic heterocycles. The van der Waals surface area contributed by atoms with Gasteiger partial charge in [0.05, 0.1) is 34.4 Å². The van der Waals surface area contributed by atoms with Gasteiger partial charge in [0.25, 0.3) is 6.43 Å². The Morgan fingerprint density at radius 1 is 1.67 bits per heavy atom. The van der Waals surface area contributed by atoms with Gasteiger partial charge in [-0.1, -0.05) is 0 Å². The molecule has 0 aliphatic heterocycles. The van der Waals surface area contributed by atoms with E-state index in [-0.39, 0.29) is 23.4 Å². The lowest BCUT2D eigenvalue weighted by atomic mass is 10.1. The number of methoxy groups -OCH3 is 1. The second kappa shape index (κ2) is 5.21. The summed E-state index contributed by atoms with van der Waals surface area (Å²) in [6.45, 7) is 0. The van der Waals surface area contributed by atoms with Crippen LogP contribution in [0.3, 0.4) is 0 Å². The van der Waals surface area contributed by atoms with E-state index in [1.807, 2.05) is 22.6 Å². The van der Waals surface area contributed by atoms with Gasteiger partial charge in [0.2, 0.25) is 0 Å². The highest BCUT2D eigenvalue weighted by molar-refractivity contribution is 14.1. The number of halogens is 3. The van der Waals surface area contributed by atoms with Gasteiger partial charge in [-0.15, -0.1) is 0 Å². The Morgan fingerprint density at radius 2 is 2.33 bits per heavy atom. The lowest BCUT2D eigenvalue weighted by Crippen LogP contribution is -2.03. The Kier molecular flexibility index (Phi) is 4.20. The predicted molar refractivity (Wildman–Crippen MR) is 57.8 cm³/mol. The van der Waals surface area contributed by atoms with Crippen molar-refractivity contribution in [3.63, 3.8) is 0 Å². The van der Waals surface area contributed by atoms with Crippen molar-refractivity contribution in [1.82, 2.24) is 4.98 Å². The molecule has 0 spiro atoms. The smallest absolute Gasteiger partial charge is 0.269 e. The molecule has 0 aliphatic carbocycles. The fraction of sp³-hybridized carbons (Fsp3) is 0.333. The fourth-order valence-electron chi connectivity index (χ4n) is 1.17. The average Bonchev–Trinajstić information content (AvgIpc) is 2.20. The predicted octanol–water partition coefficient (Wildman–Crippen LogP) is 2.70. The van der Waals surface area contributed by atoms with Gasteiger partial charge >= 0.3 is 0 Å². The quantitative estimate of drug-likeness (QED) is 0.803. The summed E-state index contributed by atoms with van der Waals surface area (Å²) in [7, 11) is 1.32. The largest absolute Gasteiger partial charge is 0.495 e. The number of nitriles is 1. The molecule has 1 heterocycles. The summed E-state index contributed by atoms with van der Waals surface area (Å²) in [5.41, 5.74) is -0.212. The van der Waals surface area contributed by atoms with Crippen LogP contribution in [-0.4, -0.2) is 12.1 Å². The number of hydrogen-bond donors (Lipinski definition) is 0. The molecule has 0 unspecified atom stereocenters. The Bertz CT molecular complexity index is 404. The van der Waals surface area contributed by atoms with Gasteiger partial charge in [-0.2, -0.15) is 5.26 Å². The standard InChI is InChI=1S/C9H7F2IN2O/c1-15-8-5(12)4-14-6(2-3-13)7(8)9(10)11/h4,9H,2H2,1H3. The van der Waals surface area contributed by atoms with E-state index in [2.05, 4.69) is 4.98 Å². The van der Waals surface area contributed by atoms with Gasteiger partial charge in [0, 0.05) is 6.20 Å². The molecule has 3 nitrogen and oxygen atoms in total. The normalized spacial score (nSPS) is 10.1. The average molecular weight is 324 g/mol. The monoisotopic (exact) mass is 324 g/mol. The van der Waals surface area contributed by atoms with E-state index < -0.39 is 6.43 Å². The zero-order valence-corrected chi connectivity index (χ0v) is 9.96. The van der Waals surface area contributed by atoms with Crippen molar-refractivity contribution in [2.45, 2.75) is 12.8 Å². The van der Waals surface area contributed by atoms with Gasteiger partial charge < -0.3 is 4.74 Å². The van der Waals surface area contributed by atoms with Crippen molar-refractivity contribution >= 4 is 22.6 Å². The van der Waals surface area contributed by atoms with E-state index in [0.717, 1.165) is 0 Å². The number of alkyl halides is 2. The van der Waals surface area contributed by atoms with Crippen molar-refractivity contribution < 1.29 is 13.5 Å². The molecule has 1 rings (SSSR count). The summed E-state index contributed by atoms with van der Waals surface area (Å²) >= 11 is 1.86. The number of nitrogens with zero attached hydrogens (tertiary/aromatic N) is 2. The van der Waals surface area contributed by atoms with Crippen LogP contribution in [0.4, 0.5) is 8.78 Å². The van der Waals surface area contributed by atoms with Gasteiger partial charge in [-0.3, -0.25) is 4.98 Å². The van der Waals surface area contributed by atoms with Gasteiger partial charge in [-0.25, -0.2) is 8.78 Å². The van der Waals surface area contributed by atoms with Crippen LogP contribution in [-0.2, 0) is 6.42 Å². The van der Waals surface area contributed by atoms with Gasteiger partial charge in [0.1, 0.15) is 5.75 Å². The molecule has 0 saturated heterocycles. The summed E-state index contributed by atoms with van der Waals surface area (Å²) in [5, 5.41) is 8.48. The van der Waals surface area contributed by atoms with Crippen LogP contribution in [0.2, 0.25) is 0 Å². The highest BCUT2D eigenvalue weighted by Crippen LogP contribution is 2.34. The van der Waals surface area contributed by atoms with E-state index in [1.54, 1.807) is 6.07 Å². The van der Waals surface area contributed by atoms with Crippen molar-refractivity contribution in [3.8, 4) is 11.8 Å². The van der Waals surface area contributed by atoms with Crippen LogP contribution in [0.1, 0.15) is 17.7 Å². The summed E-state index contributed by atoms with van der Waals surface area (Å²) in [5.74, 6) is 0.103. The zero-order valence-electron chi connectivity index (χ0n) is 7.80. The Balaban J connectivity index is 3.36. The molecule has 0 N–H and O–H groups in total. The van der Waals surface area contributed by atoms with E-state index in [0.29, 0.717) is 3.57 Å². The molecular weight excluding hydrogens is 317 g/mol. The third-order valence-corrected chi connectivity index (χ3v) is 2.54. The second-order valence-electron chi connectivity index (χ2n) is 2.64. The SMILES string of the molecule is COc1c(I)cnc(CC#N)c1C(F)F. The number of ether oxygens (including phenoxy) is 1. The molecule has 6 heteroatoms. The summed E-state index contributed by atoms with van der Waals surface area (Å²) < 4.78 is 30.9. The van der Waals surface area contributed by atoms with Crippen molar-refractivity contribution in [3.05, 3.63) is 21.0 Å². The third-order valence-electron chi connectivity index (χ3n) is 1.78. The molecule has 0 fully saturated rings. The molecule has 0 aliphatic rings. The van der Waals surface area contributed by atoms with E-state index in [9.17, 15) is 8.78 Å². The van der Waals surface area contributed by atoms with E-state index in [4.69, 9.17) is 10.00 Å². The third kappa shape index (κ3) is 2.53. The molecule has 0 saturated carbocycles. The molecule has 1 aromatic rings. The molecule has 0 atom stereocenters. The van der Waals surface area contributed by atoms with Crippen LogP contribution < -0.4 is 4.74 Å². The van der Waals surface area contributed by atoms with Crippen molar-refractivity contribution in [2.24, 2.45) is 0 Å². The Labute approximate surface area is 99.2 Å². The van der Waals surface area contributed by atoms with Crippen LogP contribution in [0.25, 0.3) is 0 Å². The van der Waals surface area contributed by atoms with E-state index in [1.165, 1.54) is 13.3 Å². The molecule has 0 radical (unpaired) electrons. The van der Waals surface area contributed by atoms with Crippen LogP contribution in [0.15, 0.2) is 6.20 Å². The second-order valence-corrected chi connectivity index (χ2v) is 3.80. The summed E-state index contributed by atoms with van der Waals surface area (Å²) in [6, 6.07) is 1.80. The first-order valence-corrected chi connectivity index (χ1v) is 5.06. The number of pyridine rings is 1. The number of aromatic nitrogens is 1. The number of rotatable bonds is 3. The first-order chi connectivity index (χ1) is 7.11. The molecule has 0 amide bonds. The van der Waals surface area contributed by atoms with E-state index >= 15 is 0 Å². The highest BCUT2D eigenvalue weighted by atomic mass is 127. The first kappa shape index (κ1) is 12.1. The maximum Gasteiger partial charge on any atom is 0.269 e. The minimum Gasteiger partial charge on any atom is -0.495 e. The molecular formula is C9H7F2IN2O. The highest BCUT2D eigenvalue weighted by Gasteiger charge is 2.22. The summed E-state index contributed by atoms with van der Waals surface area (Å²) in [6.07, 6.45) is -1.42. The maximum absolute atomic E-state index is 12.7. The minimum absolute atomic E-state index is 0.0739. The lowest BCUT2D eigenvalue weighted by molar-refractivity contribution is 0.145. The number of hydrogen-bond acceptors (Lipinski definition) is 3. The van der Waals surface area contributed by atoms with Crippen LogP contribution >= 0.6 is 22.6 Å². The van der Waals surface area contributed by atoms with Gasteiger partial charge in [-0.05, 0) is 22.6 Å². The lowest BCUT2D eigenvalue weighted by Gasteiger charge is -2.12. The first-order valence-electron chi connectivity index (χ1n) is 3.98. The van der Waals surface area contributed by atoms with Crippen molar-refractivity contribution in [1.29, 1.82) is 5.26 Å².